The molecule has 6 nitrogen and oxygen atoms in total. The Hall–Kier alpha value is -2.57. The van der Waals surface area contributed by atoms with Gasteiger partial charge in [-0.1, -0.05) is 25.1 Å². The number of amides is 3. The van der Waals surface area contributed by atoms with Crippen LogP contribution in [0.1, 0.15) is 23.7 Å². The molecule has 0 heterocycles. The molecule has 2 aromatic carbocycles. The summed E-state index contributed by atoms with van der Waals surface area (Å²) < 4.78 is 0. The van der Waals surface area contributed by atoms with Crippen LogP contribution in [-0.4, -0.2) is 31.6 Å². The maximum Gasteiger partial charge on any atom is 0.323 e. The summed E-state index contributed by atoms with van der Waals surface area (Å²) in [5, 5.41) is 11.5. The van der Waals surface area contributed by atoms with Crippen LogP contribution in [0.3, 0.4) is 0 Å². The fraction of sp³-hybridized carbons (Fsp3) is 0.263. The van der Waals surface area contributed by atoms with Crippen LogP contribution in [0.2, 0.25) is 0 Å². The van der Waals surface area contributed by atoms with Gasteiger partial charge in [-0.15, -0.1) is 12.4 Å². The fourth-order valence-electron chi connectivity index (χ4n) is 2.19. The van der Waals surface area contributed by atoms with E-state index in [1.807, 2.05) is 30.3 Å². The fourth-order valence-corrected chi connectivity index (χ4v) is 2.19. The van der Waals surface area contributed by atoms with E-state index in [0.29, 0.717) is 23.5 Å². The molecular formula is C19H25ClN4O2. The van der Waals surface area contributed by atoms with Crippen LogP contribution in [0, 0.1) is 0 Å². The number of halogens is 1. The van der Waals surface area contributed by atoms with Crippen LogP contribution in [-0.2, 0) is 0 Å². The largest absolute Gasteiger partial charge is 0.351 e. The summed E-state index contributed by atoms with van der Waals surface area (Å²) in [5.41, 5.74) is 1.90. The lowest BCUT2D eigenvalue weighted by molar-refractivity contribution is 0.0954. The first-order valence-electron chi connectivity index (χ1n) is 8.41. The Morgan fingerprint density at radius 2 is 1.42 bits per heavy atom. The van der Waals surface area contributed by atoms with Crippen molar-refractivity contribution in [1.29, 1.82) is 0 Å². The van der Waals surface area contributed by atoms with Gasteiger partial charge in [0.2, 0.25) is 0 Å². The summed E-state index contributed by atoms with van der Waals surface area (Å²) in [6.45, 7) is 4.37. The molecule has 0 unspecified atom stereocenters. The summed E-state index contributed by atoms with van der Waals surface area (Å²) in [6, 6.07) is 15.6. The first-order chi connectivity index (χ1) is 12.2. The number of hydrogen-bond acceptors (Lipinski definition) is 3. The SMILES string of the molecule is CCCNCCNC(=O)c1ccc(NC(=O)Nc2ccccc2)cc1.Cl. The van der Waals surface area contributed by atoms with Crippen LogP contribution in [0.25, 0.3) is 0 Å². The Morgan fingerprint density at radius 3 is 2.04 bits per heavy atom. The molecule has 0 radical (unpaired) electrons. The molecule has 0 atom stereocenters. The maximum absolute atomic E-state index is 12.0. The Kier molecular flexibility index (Phi) is 9.82. The highest BCUT2D eigenvalue weighted by Crippen LogP contribution is 2.11. The van der Waals surface area contributed by atoms with Gasteiger partial charge in [-0.05, 0) is 49.4 Å². The van der Waals surface area contributed by atoms with E-state index in [4.69, 9.17) is 0 Å². The first-order valence-corrected chi connectivity index (χ1v) is 8.41. The zero-order chi connectivity index (χ0) is 17.9. The van der Waals surface area contributed by atoms with Gasteiger partial charge in [0.15, 0.2) is 0 Å². The van der Waals surface area contributed by atoms with Crippen LogP contribution >= 0.6 is 12.4 Å². The Bertz CT molecular complexity index is 678. The lowest BCUT2D eigenvalue weighted by atomic mass is 10.2. The predicted octanol–water partition coefficient (Wildman–Crippen LogP) is 3.48. The summed E-state index contributed by atoms with van der Waals surface area (Å²) in [6.07, 6.45) is 1.07. The number of nitrogens with one attached hydrogen (secondary N) is 4. The van der Waals surface area contributed by atoms with Gasteiger partial charge in [0.05, 0.1) is 0 Å². The van der Waals surface area contributed by atoms with E-state index >= 15 is 0 Å². The number of benzene rings is 2. The summed E-state index contributed by atoms with van der Waals surface area (Å²) in [7, 11) is 0. The highest BCUT2D eigenvalue weighted by atomic mass is 35.5. The summed E-state index contributed by atoms with van der Waals surface area (Å²) in [4.78, 5) is 23.9. The van der Waals surface area contributed by atoms with Crippen LogP contribution in [0.4, 0.5) is 16.2 Å². The molecule has 140 valence electrons. The van der Waals surface area contributed by atoms with Gasteiger partial charge >= 0.3 is 6.03 Å². The third-order valence-electron chi connectivity index (χ3n) is 3.45. The van der Waals surface area contributed by atoms with Crippen molar-refractivity contribution in [3.05, 3.63) is 60.2 Å². The lowest BCUT2D eigenvalue weighted by Crippen LogP contribution is -2.32. The van der Waals surface area contributed by atoms with Gasteiger partial charge in [0.1, 0.15) is 0 Å². The van der Waals surface area contributed by atoms with Crippen molar-refractivity contribution >= 4 is 35.7 Å². The minimum Gasteiger partial charge on any atom is -0.351 e. The number of anilines is 2. The monoisotopic (exact) mass is 376 g/mol. The van der Waals surface area contributed by atoms with E-state index in [1.165, 1.54) is 0 Å². The molecule has 0 aliphatic heterocycles. The molecule has 2 aromatic rings. The Morgan fingerprint density at radius 1 is 0.808 bits per heavy atom. The van der Waals surface area contributed by atoms with Crippen molar-refractivity contribution in [2.75, 3.05) is 30.3 Å². The number of hydrogen-bond donors (Lipinski definition) is 4. The number of carbonyl (C=O) groups excluding carboxylic acids is 2. The quantitative estimate of drug-likeness (QED) is 0.532. The Labute approximate surface area is 160 Å². The third-order valence-corrected chi connectivity index (χ3v) is 3.45. The number of urea groups is 1. The van der Waals surface area contributed by atoms with E-state index in [2.05, 4.69) is 28.2 Å². The third kappa shape index (κ3) is 7.55. The highest BCUT2D eigenvalue weighted by molar-refractivity contribution is 6.00. The maximum atomic E-state index is 12.0. The van der Waals surface area contributed by atoms with Gasteiger partial charge in [-0.25, -0.2) is 4.79 Å². The molecule has 0 aliphatic carbocycles. The van der Waals surface area contributed by atoms with Gasteiger partial charge < -0.3 is 21.3 Å². The predicted molar refractivity (Wildman–Crippen MR) is 108 cm³/mol. The average molecular weight is 377 g/mol. The molecule has 0 saturated carbocycles. The molecule has 0 aromatic heterocycles. The molecule has 0 bridgehead atoms. The minimum atomic E-state index is -0.328. The molecule has 4 N–H and O–H groups in total. The second-order valence-electron chi connectivity index (χ2n) is 5.53. The van der Waals surface area contributed by atoms with Crippen LogP contribution < -0.4 is 21.3 Å². The molecule has 0 saturated heterocycles. The second-order valence-corrected chi connectivity index (χ2v) is 5.53. The van der Waals surface area contributed by atoms with E-state index in [-0.39, 0.29) is 24.3 Å². The molecule has 26 heavy (non-hydrogen) atoms. The lowest BCUT2D eigenvalue weighted by Gasteiger charge is -2.09. The average Bonchev–Trinajstić information content (AvgIpc) is 2.63. The van der Waals surface area contributed by atoms with Crippen molar-refractivity contribution in [1.82, 2.24) is 10.6 Å². The first kappa shape index (κ1) is 21.5. The van der Waals surface area contributed by atoms with Gasteiger partial charge in [0.25, 0.3) is 5.91 Å². The zero-order valence-electron chi connectivity index (χ0n) is 14.7. The van der Waals surface area contributed by atoms with Crippen molar-refractivity contribution in [2.24, 2.45) is 0 Å². The van der Waals surface area contributed by atoms with E-state index in [9.17, 15) is 9.59 Å². The molecule has 0 aliphatic rings. The topological polar surface area (TPSA) is 82.3 Å². The molecule has 7 heteroatoms. The van der Waals surface area contributed by atoms with Gasteiger partial charge in [-0.3, -0.25) is 4.79 Å². The van der Waals surface area contributed by atoms with E-state index in [0.717, 1.165) is 19.5 Å². The van der Waals surface area contributed by atoms with Crippen molar-refractivity contribution in [3.8, 4) is 0 Å². The Balaban J connectivity index is 0.00000338. The van der Waals surface area contributed by atoms with Crippen molar-refractivity contribution in [3.63, 3.8) is 0 Å². The zero-order valence-corrected chi connectivity index (χ0v) is 15.6. The van der Waals surface area contributed by atoms with E-state index in [1.54, 1.807) is 24.3 Å². The second kappa shape index (κ2) is 11.9. The highest BCUT2D eigenvalue weighted by Gasteiger charge is 2.06. The summed E-state index contributed by atoms with van der Waals surface area (Å²) in [5.74, 6) is -0.126. The normalized spacial score (nSPS) is 9.73. The molecule has 0 spiro atoms. The molecule has 2 rings (SSSR count). The number of carbonyl (C=O) groups is 2. The van der Waals surface area contributed by atoms with Crippen LogP contribution in [0.5, 0.6) is 0 Å². The molecular weight excluding hydrogens is 352 g/mol. The van der Waals surface area contributed by atoms with Gasteiger partial charge in [0, 0.05) is 30.0 Å². The minimum absolute atomic E-state index is 0. The smallest absolute Gasteiger partial charge is 0.323 e. The molecule has 3 amide bonds. The standard InChI is InChI=1S/C19H24N4O2.ClH/c1-2-12-20-13-14-21-18(24)15-8-10-17(11-9-15)23-19(25)22-16-6-4-3-5-7-16;/h3-11,20H,2,12-14H2,1H3,(H,21,24)(H2,22,23,25);1H. The number of rotatable bonds is 8. The van der Waals surface area contributed by atoms with Crippen molar-refractivity contribution < 1.29 is 9.59 Å². The molecule has 0 fully saturated rings. The number of para-hydroxylation sites is 1. The van der Waals surface area contributed by atoms with Crippen molar-refractivity contribution in [2.45, 2.75) is 13.3 Å². The van der Waals surface area contributed by atoms with E-state index < -0.39 is 0 Å². The van der Waals surface area contributed by atoms with Gasteiger partial charge in [-0.2, -0.15) is 0 Å². The summed E-state index contributed by atoms with van der Waals surface area (Å²) >= 11 is 0. The van der Waals surface area contributed by atoms with Crippen LogP contribution in [0.15, 0.2) is 54.6 Å².